The predicted octanol–water partition coefficient (Wildman–Crippen LogP) is 5.64. The number of Topliss-reactive ketones (excluding diaryl/α,β-unsaturated/α-hetero) is 1. The molecule has 39 heavy (non-hydrogen) atoms. The lowest BCUT2D eigenvalue weighted by Crippen LogP contribution is -2.31. The van der Waals surface area contributed by atoms with Crippen LogP contribution >= 0.6 is 11.8 Å². The zero-order valence-corrected chi connectivity index (χ0v) is 22.4. The number of ketones is 1. The third kappa shape index (κ3) is 5.56. The summed E-state index contributed by atoms with van der Waals surface area (Å²) >= 11 is 1.21. The molecule has 0 unspecified atom stereocenters. The minimum absolute atomic E-state index is 0.0398. The molecule has 0 radical (unpaired) electrons. The molecule has 1 aliphatic rings. The molecule has 0 saturated heterocycles. The number of thioether (sulfide) groups is 1. The summed E-state index contributed by atoms with van der Waals surface area (Å²) in [6, 6.07) is 19.7. The van der Waals surface area contributed by atoms with Crippen LogP contribution in [-0.4, -0.2) is 39.3 Å². The van der Waals surface area contributed by atoms with Crippen molar-refractivity contribution in [2.24, 2.45) is 0 Å². The van der Waals surface area contributed by atoms with Gasteiger partial charge in [0.25, 0.3) is 5.91 Å². The third-order valence-electron chi connectivity index (χ3n) is 6.32. The second kappa shape index (κ2) is 11.1. The first-order valence-corrected chi connectivity index (χ1v) is 13.2. The smallest absolute Gasteiger partial charge is 0.255 e. The molecule has 10 heteroatoms. The molecule has 1 amide bonds. The maximum Gasteiger partial charge on any atom is 0.255 e. The van der Waals surface area contributed by atoms with Gasteiger partial charge in [0, 0.05) is 11.3 Å². The summed E-state index contributed by atoms with van der Waals surface area (Å²) in [6.45, 7) is 3.74. The van der Waals surface area contributed by atoms with Gasteiger partial charge in [-0.1, -0.05) is 65.9 Å². The van der Waals surface area contributed by atoms with Crippen molar-refractivity contribution < 1.29 is 18.7 Å². The Bertz CT molecular complexity index is 1560. The average molecular weight is 544 g/mol. The Kier molecular flexibility index (Phi) is 7.47. The molecule has 0 bridgehead atoms. The van der Waals surface area contributed by atoms with Gasteiger partial charge in [-0.25, -0.2) is 9.07 Å². The SMILES string of the molecule is COc1ccccc1NC(=O)C1=C(C)Nc2nc(SCC(=O)c3ccc(C)cc3)nn2[C@@H]1c1ccc(F)cc1. The number of para-hydroxylation sites is 2. The molecule has 198 valence electrons. The summed E-state index contributed by atoms with van der Waals surface area (Å²) < 4.78 is 20.8. The quantitative estimate of drug-likeness (QED) is 0.219. The van der Waals surface area contributed by atoms with Crippen LogP contribution in [0.25, 0.3) is 0 Å². The predicted molar refractivity (Wildman–Crippen MR) is 149 cm³/mol. The van der Waals surface area contributed by atoms with Crippen LogP contribution in [0.3, 0.4) is 0 Å². The second-order valence-corrected chi connectivity index (χ2v) is 9.96. The van der Waals surface area contributed by atoms with Crippen molar-refractivity contribution >= 4 is 35.1 Å². The number of nitrogens with zero attached hydrogens (tertiary/aromatic N) is 3. The van der Waals surface area contributed by atoms with E-state index >= 15 is 0 Å². The molecule has 1 aromatic heterocycles. The van der Waals surface area contributed by atoms with Crippen molar-refractivity contribution in [1.82, 2.24) is 14.8 Å². The zero-order chi connectivity index (χ0) is 27.5. The maximum atomic E-state index is 13.8. The number of fused-ring (bicyclic) bond motifs is 1. The highest BCUT2D eigenvalue weighted by atomic mass is 32.2. The number of carbonyl (C=O) groups excluding carboxylic acids is 2. The van der Waals surface area contributed by atoms with Crippen molar-refractivity contribution in [3.05, 3.63) is 107 Å². The molecule has 8 nitrogen and oxygen atoms in total. The van der Waals surface area contributed by atoms with Gasteiger partial charge in [0.15, 0.2) is 5.78 Å². The van der Waals surface area contributed by atoms with Crippen molar-refractivity contribution in [1.29, 1.82) is 0 Å². The number of halogens is 1. The van der Waals surface area contributed by atoms with Gasteiger partial charge < -0.3 is 15.4 Å². The molecule has 3 aromatic carbocycles. The summed E-state index contributed by atoms with van der Waals surface area (Å²) in [4.78, 5) is 30.9. The molecule has 4 aromatic rings. The number of carbonyl (C=O) groups is 2. The fourth-order valence-corrected chi connectivity index (χ4v) is 5.05. The number of ether oxygens (including phenoxy) is 1. The highest BCUT2D eigenvalue weighted by Crippen LogP contribution is 2.37. The fourth-order valence-electron chi connectivity index (χ4n) is 4.33. The van der Waals surface area contributed by atoms with Crippen molar-refractivity contribution in [2.45, 2.75) is 25.0 Å². The molecule has 0 spiro atoms. The van der Waals surface area contributed by atoms with Crippen LogP contribution in [-0.2, 0) is 4.79 Å². The number of aromatic nitrogens is 3. The summed E-state index contributed by atoms with van der Waals surface area (Å²) in [5.41, 5.74) is 3.82. The summed E-state index contributed by atoms with van der Waals surface area (Å²) in [5.74, 6) is 0.288. The van der Waals surface area contributed by atoms with E-state index in [1.54, 1.807) is 54.1 Å². The molecule has 0 saturated carbocycles. The first kappa shape index (κ1) is 26.2. The Morgan fingerprint density at radius 3 is 2.49 bits per heavy atom. The molecule has 2 N–H and O–H groups in total. The molecule has 5 rings (SSSR count). The summed E-state index contributed by atoms with van der Waals surface area (Å²) in [5, 5.41) is 11.1. The maximum absolute atomic E-state index is 13.8. The average Bonchev–Trinajstić information content (AvgIpc) is 3.34. The van der Waals surface area contributed by atoms with Crippen LogP contribution in [0.1, 0.15) is 34.5 Å². The van der Waals surface area contributed by atoms with E-state index in [-0.39, 0.29) is 17.4 Å². The third-order valence-corrected chi connectivity index (χ3v) is 7.16. The second-order valence-electron chi connectivity index (χ2n) is 9.01. The van der Waals surface area contributed by atoms with Crippen molar-refractivity contribution in [2.75, 3.05) is 23.5 Å². The Morgan fingerprint density at radius 1 is 1.05 bits per heavy atom. The number of benzene rings is 3. The highest BCUT2D eigenvalue weighted by Gasteiger charge is 2.34. The van der Waals surface area contributed by atoms with Gasteiger partial charge in [-0.15, -0.1) is 5.10 Å². The van der Waals surface area contributed by atoms with E-state index in [1.807, 2.05) is 25.1 Å². The van der Waals surface area contributed by atoms with E-state index in [4.69, 9.17) is 4.74 Å². The molecule has 0 aliphatic carbocycles. The van der Waals surface area contributed by atoms with Crippen molar-refractivity contribution in [3.8, 4) is 5.75 Å². The number of methoxy groups -OCH3 is 1. The van der Waals surface area contributed by atoms with Gasteiger partial charge >= 0.3 is 0 Å². The number of aryl methyl sites for hydroxylation is 1. The minimum Gasteiger partial charge on any atom is -0.495 e. The zero-order valence-electron chi connectivity index (χ0n) is 21.6. The van der Waals surface area contributed by atoms with Gasteiger partial charge in [0.1, 0.15) is 17.6 Å². The van der Waals surface area contributed by atoms with Crippen LogP contribution in [0.2, 0.25) is 0 Å². The van der Waals surface area contributed by atoms with Gasteiger partial charge in [0.2, 0.25) is 11.1 Å². The number of amides is 1. The van der Waals surface area contributed by atoms with Crippen LogP contribution < -0.4 is 15.4 Å². The lowest BCUT2D eigenvalue weighted by Gasteiger charge is -2.28. The minimum atomic E-state index is -0.689. The van der Waals surface area contributed by atoms with Crippen molar-refractivity contribution in [3.63, 3.8) is 0 Å². The lowest BCUT2D eigenvalue weighted by atomic mass is 9.95. The summed E-state index contributed by atoms with van der Waals surface area (Å²) in [7, 11) is 1.53. The van der Waals surface area contributed by atoms with E-state index in [2.05, 4.69) is 20.7 Å². The number of allylic oxidation sites excluding steroid dienone is 1. The molecule has 1 aliphatic heterocycles. The lowest BCUT2D eigenvalue weighted by molar-refractivity contribution is -0.113. The van der Waals surface area contributed by atoms with Gasteiger partial charge in [-0.2, -0.15) is 4.98 Å². The normalized spacial score (nSPS) is 14.4. The Labute approximate surface area is 229 Å². The fraction of sp³-hybridized carbons (Fsp3) is 0.172. The number of nitrogens with one attached hydrogen (secondary N) is 2. The standard InChI is InChI=1S/C29H26FN5O3S/c1-17-8-10-19(11-9-17)23(36)16-39-29-33-28-31-18(2)25(27(37)32-22-6-4-5-7-24(22)38-3)26(35(28)34-29)20-12-14-21(30)15-13-20/h4-15,26H,16H2,1-3H3,(H,32,37)(H,31,33,34)/t26-/m1/s1. The summed E-state index contributed by atoms with van der Waals surface area (Å²) in [6.07, 6.45) is 0. The van der Waals surface area contributed by atoms with E-state index < -0.39 is 11.9 Å². The van der Waals surface area contributed by atoms with Crippen LogP contribution in [0, 0.1) is 12.7 Å². The molecular weight excluding hydrogens is 517 g/mol. The molecule has 0 fully saturated rings. The highest BCUT2D eigenvalue weighted by molar-refractivity contribution is 7.99. The van der Waals surface area contributed by atoms with Crippen LogP contribution in [0.5, 0.6) is 5.75 Å². The first-order chi connectivity index (χ1) is 18.8. The molecule has 1 atom stereocenters. The molecule has 2 heterocycles. The number of rotatable bonds is 8. The monoisotopic (exact) mass is 543 g/mol. The van der Waals surface area contributed by atoms with Gasteiger partial charge in [-0.05, 0) is 43.7 Å². The van der Waals surface area contributed by atoms with Gasteiger partial charge in [0.05, 0.1) is 24.1 Å². The number of anilines is 2. The topological polar surface area (TPSA) is 98.1 Å². The number of hydrogen-bond acceptors (Lipinski definition) is 7. The van der Waals surface area contributed by atoms with E-state index in [0.717, 1.165) is 5.56 Å². The van der Waals surface area contributed by atoms with E-state index in [9.17, 15) is 14.0 Å². The largest absolute Gasteiger partial charge is 0.495 e. The Morgan fingerprint density at radius 2 is 1.77 bits per heavy atom. The number of hydrogen-bond donors (Lipinski definition) is 2. The Balaban J connectivity index is 1.45. The van der Waals surface area contributed by atoms with Crippen LogP contribution in [0.15, 0.2) is 89.2 Å². The van der Waals surface area contributed by atoms with Crippen LogP contribution in [0.4, 0.5) is 16.0 Å². The Hall–Kier alpha value is -4.44. The molecular formula is C29H26FN5O3S. The van der Waals surface area contributed by atoms with E-state index in [0.29, 0.717) is 44.9 Å². The van der Waals surface area contributed by atoms with E-state index in [1.165, 1.54) is 31.0 Å². The van der Waals surface area contributed by atoms with Gasteiger partial charge in [-0.3, -0.25) is 9.59 Å². The first-order valence-electron chi connectivity index (χ1n) is 12.2.